The molecule has 0 fully saturated rings. The maximum atomic E-state index is 9.06. The van der Waals surface area contributed by atoms with Gasteiger partial charge in [-0.2, -0.15) is 5.26 Å². The number of anilines is 1. The first kappa shape index (κ1) is 17.0. The van der Waals surface area contributed by atoms with Crippen molar-refractivity contribution in [1.82, 2.24) is 0 Å². The van der Waals surface area contributed by atoms with Gasteiger partial charge in [0.05, 0.1) is 24.8 Å². The van der Waals surface area contributed by atoms with Crippen LogP contribution in [0.2, 0.25) is 0 Å². The molecular formula is C15H21BrN2O2. The summed E-state index contributed by atoms with van der Waals surface area (Å²) in [4.78, 5) is 2.18. The van der Waals surface area contributed by atoms with Crippen LogP contribution >= 0.6 is 15.9 Å². The van der Waals surface area contributed by atoms with Crippen molar-refractivity contribution < 1.29 is 9.47 Å². The second-order valence-corrected chi connectivity index (χ2v) is 5.11. The van der Waals surface area contributed by atoms with Crippen LogP contribution in [0.15, 0.2) is 22.7 Å². The lowest BCUT2D eigenvalue weighted by Crippen LogP contribution is -2.31. The number of nitrogens with zero attached hydrogens (tertiary/aromatic N) is 2. The van der Waals surface area contributed by atoms with E-state index in [1.54, 1.807) is 0 Å². The Morgan fingerprint density at radius 1 is 1.10 bits per heavy atom. The second kappa shape index (κ2) is 9.76. The van der Waals surface area contributed by atoms with Crippen molar-refractivity contribution in [2.45, 2.75) is 13.8 Å². The van der Waals surface area contributed by atoms with Gasteiger partial charge in [0.15, 0.2) is 0 Å². The number of nitriles is 1. The number of hydrogen-bond donors (Lipinski definition) is 0. The van der Waals surface area contributed by atoms with Crippen molar-refractivity contribution in [2.75, 3.05) is 44.4 Å². The highest BCUT2D eigenvalue weighted by atomic mass is 79.9. The maximum absolute atomic E-state index is 9.06. The van der Waals surface area contributed by atoms with Crippen molar-refractivity contribution in [3.05, 3.63) is 28.2 Å². The zero-order chi connectivity index (χ0) is 14.8. The third-order valence-electron chi connectivity index (χ3n) is 2.80. The minimum atomic E-state index is 0.646. The normalized spacial score (nSPS) is 10.3. The Labute approximate surface area is 129 Å². The van der Waals surface area contributed by atoms with E-state index in [2.05, 4.69) is 26.9 Å². The lowest BCUT2D eigenvalue weighted by molar-refractivity contribution is 0.141. The number of benzene rings is 1. The molecule has 0 saturated heterocycles. The quantitative estimate of drug-likeness (QED) is 0.647. The Hall–Kier alpha value is -1.09. The van der Waals surface area contributed by atoms with Crippen LogP contribution in [0.1, 0.15) is 19.4 Å². The van der Waals surface area contributed by atoms with Crippen LogP contribution in [0.3, 0.4) is 0 Å². The van der Waals surface area contributed by atoms with E-state index in [0.717, 1.165) is 23.2 Å². The van der Waals surface area contributed by atoms with Crippen molar-refractivity contribution in [1.29, 1.82) is 5.26 Å². The van der Waals surface area contributed by atoms with Gasteiger partial charge < -0.3 is 14.4 Å². The van der Waals surface area contributed by atoms with Crippen LogP contribution in [0, 0.1) is 11.3 Å². The van der Waals surface area contributed by atoms with Crippen LogP contribution in [-0.2, 0) is 9.47 Å². The topological polar surface area (TPSA) is 45.5 Å². The number of hydrogen-bond acceptors (Lipinski definition) is 4. The van der Waals surface area contributed by atoms with Gasteiger partial charge in [-0.15, -0.1) is 0 Å². The van der Waals surface area contributed by atoms with E-state index < -0.39 is 0 Å². The van der Waals surface area contributed by atoms with Crippen LogP contribution in [-0.4, -0.2) is 39.5 Å². The summed E-state index contributed by atoms with van der Waals surface area (Å²) < 4.78 is 11.7. The van der Waals surface area contributed by atoms with E-state index in [4.69, 9.17) is 14.7 Å². The van der Waals surface area contributed by atoms with E-state index in [-0.39, 0.29) is 0 Å². The Bertz CT molecular complexity index is 436. The third kappa shape index (κ3) is 5.91. The van der Waals surface area contributed by atoms with Crippen molar-refractivity contribution in [3.63, 3.8) is 0 Å². The molecule has 0 amide bonds. The van der Waals surface area contributed by atoms with Gasteiger partial charge in [-0.05, 0) is 32.0 Å². The molecule has 0 saturated carbocycles. The van der Waals surface area contributed by atoms with Crippen LogP contribution in [0.5, 0.6) is 0 Å². The molecule has 0 heterocycles. The molecule has 0 radical (unpaired) electrons. The van der Waals surface area contributed by atoms with Gasteiger partial charge in [0, 0.05) is 36.5 Å². The number of halogens is 1. The zero-order valence-electron chi connectivity index (χ0n) is 12.1. The first-order valence-electron chi connectivity index (χ1n) is 6.82. The molecule has 0 aliphatic carbocycles. The van der Waals surface area contributed by atoms with Crippen LogP contribution < -0.4 is 4.90 Å². The first-order chi connectivity index (χ1) is 9.71. The van der Waals surface area contributed by atoms with E-state index in [1.807, 2.05) is 32.0 Å². The molecule has 0 aromatic heterocycles. The highest BCUT2D eigenvalue weighted by Crippen LogP contribution is 2.22. The summed E-state index contributed by atoms with van der Waals surface area (Å²) in [6, 6.07) is 7.89. The maximum Gasteiger partial charge on any atom is 0.0992 e. The van der Waals surface area contributed by atoms with Gasteiger partial charge in [-0.1, -0.05) is 15.9 Å². The molecular weight excluding hydrogens is 320 g/mol. The van der Waals surface area contributed by atoms with Crippen LogP contribution in [0.25, 0.3) is 0 Å². The van der Waals surface area contributed by atoms with E-state index >= 15 is 0 Å². The van der Waals surface area contributed by atoms with Crippen LogP contribution in [0.4, 0.5) is 5.69 Å². The fourth-order valence-corrected chi connectivity index (χ4v) is 2.31. The Balaban J connectivity index is 2.79. The summed E-state index contributed by atoms with van der Waals surface area (Å²) in [7, 11) is 0. The molecule has 1 rings (SSSR count). The highest BCUT2D eigenvalue weighted by molar-refractivity contribution is 9.10. The molecule has 0 N–H and O–H groups in total. The smallest absolute Gasteiger partial charge is 0.0992 e. The fraction of sp³-hybridized carbons (Fsp3) is 0.533. The minimum absolute atomic E-state index is 0.646. The fourth-order valence-electron chi connectivity index (χ4n) is 1.83. The van der Waals surface area contributed by atoms with E-state index in [0.29, 0.717) is 32.0 Å². The molecule has 110 valence electrons. The molecule has 1 aromatic carbocycles. The van der Waals surface area contributed by atoms with Gasteiger partial charge in [0.2, 0.25) is 0 Å². The average molecular weight is 341 g/mol. The predicted molar refractivity (Wildman–Crippen MR) is 84.1 cm³/mol. The predicted octanol–water partition coefficient (Wildman–Crippen LogP) is 3.20. The summed E-state index contributed by atoms with van der Waals surface area (Å²) in [5.74, 6) is 0. The SMILES string of the molecule is CCOCCN(CCOCC)c1cc(Br)cc(C#N)c1. The second-order valence-electron chi connectivity index (χ2n) is 4.19. The first-order valence-corrected chi connectivity index (χ1v) is 7.61. The minimum Gasteiger partial charge on any atom is -0.380 e. The molecule has 5 heteroatoms. The Morgan fingerprint density at radius 3 is 2.20 bits per heavy atom. The lowest BCUT2D eigenvalue weighted by atomic mass is 10.2. The zero-order valence-corrected chi connectivity index (χ0v) is 13.6. The number of ether oxygens (including phenoxy) is 2. The highest BCUT2D eigenvalue weighted by Gasteiger charge is 2.09. The Kier molecular flexibility index (Phi) is 8.28. The average Bonchev–Trinajstić information content (AvgIpc) is 2.45. The van der Waals surface area contributed by atoms with E-state index in [1.165, 1.54) is 0 Å². The lowest BCUT2D eigenvalue weighted by Gasteiger charge is -2.25. The summed E-state index contributed by atoms with van der Waals surface area (Å²) in [6.07, 6.45) is 0. The molecule has 0 bridgehead atoms. The molecule has 0 unspecified atom stereocenters. The van der Waals surface area contributed by atoms with Gasteiger partial charge >= 0.3 is 0 Å². The molecule has 0 aliphatic heterocycles. The van der Waals surface area contributed by atoms with Crippen molar-refractivity contribution in [3.8, 4) is 6.07 Å². The van der Waals surface area contributed by atoms with Gasteiger partial charge in [-0.25, -0.2) is 0 Å². The van der Waals surface area contributed by atoms with Crippen molar-refractivity contribution in [2.24, 2.45) is 0 Å². The van der Waals surface area contributed by atoms with Gasteiger partial charge in [0.1, 0.15) is 0 Å². The monoisotopic (exact) mass is 340 g/mol. The molecule has 0 atom stereocenters. The molecule has 20 heavy (non-hydrogen) atoms. The molecule has 1 aromatic rings. The third-order valence-corrected chi connectivity index (χ3v) is 3.25. The van der Waals surface area contributed by atoms with E-state index in [9.17, 15) is 0 Å². The largest absolute Gasteiger partial charge is 0.380 e. The molecule has 0 spiro atoms. The van der Waals surface area contributed by atoms with Gasteiger partial charge in [0.25, 0.3) is 0 Å². The summed E-state index contributed by atoms with van der Waals surface area (Å²) in [6.45, 7) is 8.27. The molecule has 0 aliphatic rings. The molecule has 4 nitrogen and oxygen atoms in total. The van der Waals surface area contributed by atoms with Gasteiger partial charge in [-0.3, -0.25) is 0 Å². The summed E-state index contributed by atoms with van der Waals surface area (Å²) in [5.41, 5.74) is 1.66. The Morgan fingerprint density at radius 2 is 1.70 bits per heavy atom. The standard InChI is InChI=1S/C15H21BrN2O2/c1-3-19-7-5-18(6-8-20-4-2)15-10-13(12-17)9-14(16)11-15/h9-11H,3-8H2,1-2H3. The summed E-state index contributed by atoms with van der Waals surface area (Å²) in [5, 5.41) is 9.06. The van der Waals surface area contributed by atoms with Crippen molar-refractivity contribution >= 4 is 21.6 Å². The summed E-state index contributed by atoms with van der Waals surface area (Å²) >= 11 is 3.45. The number of rotatable bonds is 9.